The SMILES string of the molecule is COc1ccc(C(=O)NCCCNC(=O)c2ccc(OC)c(OC)c2C)c(C)c1OC. The van der Waals surface area contributed by atoms with Crippen molar-refractivity contribution in [3.63, 3.8) is 0 Å². The van der Waals surface area contributed by atoms with E-state index in [0.29, 0.717) is 64.8 Å². The smallest absolute Gasteiger partial charge is 0.251 e. The van der Waals surface area contributed by atoms with Crippen LogP contribution in [0.3, 0.4) is 0 Å². The second kappa shape index (κ2) is 11.1. The molecule has 31 heavy (non-hydrogen) atoms. The zero-order valence-corrected chi connectivity index (χ0v) is 18.9. The summed E-state index contributed by atoms with van der Waals surface area (Å²) in [7, 11) is 6.17. The first-order chi connectivity index (χ1) is 14.9. The molecule has 0 unspecified atom stereocenters. The molecule has 2 aromatic carbocycles. The minimum atomic E-state index is -0.208. The molecular weight excluding hydrogens is 400 g/mol. The third-order valence-electron chi connectivity index (χ3n) is 5.00. The van der Waals surface area contributed by atoms with Crippen LogP contribution in [0.5, 0.6) is 23.0 Å². The van der Waals surface area contributed by atoms with Gasteiger partial charge in [0.2, 0.25) is 0 Å². The lowest BCUT2D eigenvalue weighted by molar-refractivity contribution is 0.0950. The first-order valence-corrected chi connectivity index (χ1v) is 9.89. The maximum Gasteiger partial charge on any atom is 0.251 e. The second-order valence-electron chi connectivity index (χ2n) is 6.81. The van der Waals surface area contributed by atoms with Crippen LogP contribution in [0.15, 0.2) is 24.3 Å². The van der Waals surface area contributed by atoms with Crippen molar-refractivity contribution in [3.05, 3.63) is 46.5 Å². The van der Waals surface area contributed by atoms with Crippen molar-refractivity contribution < 1.29 is 28.5 Å². The molecule has 0 aliphatic carbocycles. The normalized spacial score (nSPS) is 10.3. The summed E-state index contributed by atoms with van der Waals surface area (Å²) in [6.07, 6.45) is 0.580. The number of ether oxygens (including phenoxy) is 4. The number of benzene rings is 2. The Bertz CT molecular complexity index is 867. The monoisotopic (exact) mass is 430 g/mol. The van der Waals surface area contributed by atoms with Crippen LogP contribution in [0.4, 0.5) is 0 Å². The highest BCUT2D eigenvalue weighted by molar-refractivity contribution is 5.97. The zero-order valence-electron chi connectivity index (χ0n) is 18.9. The minimum absolute atomic E-state index is 0.208. The maximum absolute atomic E-state index is 12.5. The Morgan fingerprint density at radius 2 is 1.06 bits per heavy atom. The van der Waals surface area contributed by atoms with Crippen LogP contribution in [0.1, 0.15) is 38.3 Å². The summed E-state index contributed by atoms with van der Waals surface area (Å²) >= 11 is 0. The first-order valence-electron chi connectivity index (χ1n) is 9.89. The van der Waals surface area contributed by atoms with Gasteiger partial charge in [-0.3, -0.25) is 9.59 Å². The van der Waals surface area contributed by atoms with Crippen molar-refractivity contribution in [1.29, 1.82) is 0 Å². The van der Waals surface area contributed by atoms with Crippen LogP contribution in [0.25, 0.3) is 0 Å². The lowest BCUT2D eigenvalue weighted by atomic mass is 10.1. The molecule has 0 aromatic heterocycles. The number of nitrogens with one attached hydrogen (secondary N) is 2. The van der Waals surface area contributed by atoms with Gasteiger partial charge in [-0.05, 0) is 44.5 Å². The van der Waals surface area contributed by atoms with Gasteiger partial charge in [0.15, 0.2) is 23.0 Å². The van der Waals surface area contributed by atoms with E-state index in [1.54, 1.807) is 38.5 Å². The molecular formula is C23H30N2O6. The fourth-order valence-corrected chi connectivity index (χ4v) is 3.34. The van der Waals surface area contributed by atoms with Crippen LogP contribution < -0.4 is 29.6 Å². The van der Waals surface area contributed by atoms with Crippen molar-refractivity contribution in [2.45, 2.75) is 20.3 Å². The van der Waals surface area contributed by atoms with Gasteiger partial charge in [-0.25, -0.2) is 0 Å². The number of amides is 2. The molecule has 0 spiro atoms. The quantitative estimate of drug-likeness (QED) is 0.563. The van der Waals surface area contributed by atoms with Crippen molar-refractivity contribution in [1.82, 2.24) is 10.6 Å². The van der Waals surface area contributed by atoms with Gasteiger partial charge in [0, 0.05) is 35.3 Å². The second-order valence-corrected chi connectivity index (χ2v) is 6.81. The molecule has 0 bridgehead atoms. The summed E-state index contributed by atoms with van der Waals surface area (Å²) in [5, 5.41) is 5.73. The van der Waals surface area contributed by atoms with E-state index in [1.807, 2.05) is 13.8 Å². The number of hydrogen-bond acceptors (Lipinski definition) is 6. The Labute approximate surface area is 182 Å². The standard InChI is InChI=1S/C23H30N2O6/c1-14-16(8-10-18(28-3)20(14)30-5)22(26)24-12-7-13-25-23(27)17-9-11-19(29-4)21(31-6)15(17)2/h8-11H,7,12-13H2,1-6H3,(H,24,26)(H,25,27). The molecule has 0 aliphatic rings. The number of rotatable bonds is 10. The molecule has 8 nitrogen and oxygen atoms in total. The summed E-state index contributed by atoms with van der Waals surface area (Å²) in [6, 6.07) is 6.81. The fourth-order valence-electron chi connectivity index (χ4n) is 3.34. The summed E-state index contributed by atoms with van der Waals surface area (Å²) in [4.78, 5) is 25.0. The third kappa shape index (κ3) is 5.39. The van der Waals surface area contributed by atoms with E-state index in [4.69, 9.17) is 18.9 Å². The van der Waals surface area contributed by atoms with E-state index in [2.05, 4.69) is 10.6 Å². The zero-order chi connectivity index (χ0) is 23.0. The van der Waals surface area contributed by atoms with E-state index < -0.39 is 0 Å². The molecule has 0 radical (unpaired) electrons. The van der Waals surface area contributed by atoms with E-state index in [-0.39, 0.29) is 11.8 Å². The molecule has 2 amide bonds. The molecule has 0 saturated heterocycles. The third-order valence-corrected chi connectivity index (χ3v) is 5.00. The van der Waals surface area contributed by atoms with Crippen LogP contribution >= 0.6 is 0 Å². The molecule has 8 heteroatoms. The predicted octanol–water partition coefficient (Wildman–Crippen LogP) is 2.89. The summed E-state index contributed by atoms with van der Waals surface area (Å²) in [5.74, 6) is 1.80. The summed E-state index contributed by atoms with van der Waals surface area (Å²) in [5.41, 5.74) is 2.44. The van der Waals surface area contributed by atoms with E-state index in [1.165, 1.54) is 14.2 Å². The van der Waals surface area contributed by atoms with Gasteiger partial charge in [-0.2, -0.15) is 0 Å². The van der Waals surface area contributed by atoms with E-state index in [0.717, 1.165) is 0 Å². The van der Waals surface area contributed by atoms with E-state index in [9.17, 15) is 9.59 Å². The largest absolute Gasteiger partial charge is 0.493 e. The first kappa shape index (κ1) is 23.9. The summed E-state index contributed by atoms with van der Waals surface area (Å²) < 4.78 is 21.2. The molecule has 2 rings (SSSR count). The van der Waals surface area contributed by atoms with Gasteiger partial charge in [0.25, 0.3) is 11.8 Å². The molecule has 2 aromatic rings. The Balaban J connectivity index is 1.89. The van der Waals surface area contributed by atoms with Gasteiger partial charge in [-0.15, -0.1) is 0 Å². The van der Waals surface area contributed by atoms with Gasteiger partial charge >= 0.3 is 0 Å². The van der Waals surface area contributed by atoms with Crippen molar-refractivity contribution >= 4 is 11.8 Å². The topological polar surface area (TPSA) is 95.1 Å². The lowest BCUT2D eigenvalue weighted by Gasteiger charge is -2.15. The molecule has 0 heterocycles. The highest BCUT2D eigenvalue weighted by Gasteiger charge is 2.17. The maximum atomic E-state index is 12.5. The van der Waals surface area contributed by atoms with Crippen LogP contribution in [0, 0.1) is 13.8 Å². The minimum Gasteiger partial charge on any atom is -0.493 e. The lowest BCUT2D eigenvalue weighted by Crippen LogP contribution is -2.30. The van der Waals surface area contributed by atoms with Crippen molar-refractivity contribution in [3.8, 4) is 23.0 Å². The summed E-state index contributed by atoms with van der Waals surface area (Å²) in [6.45, 7) is 4.44. The van der Waals surface area contributed by atoms with Gasteiger partial charge in [-0.1, -0.05) is 0 Å². The number of carbonyl (C=O) groups excluding carboxylic acids is 2. The average molecular weight is 431 g/mol. The van der Waals surface area contributed by atoms with Crippen LogP contribution in [-0.2, 0) is 0 Å². The van der Waals surface area contributed by atoms with Crippen LogP contribution in [0.2, 0.25) is 0 Å². The molecule has 0 saturated carbocycles. The molecule has 2 N–H and O–H groups in total. The Hall–Kier alpha value is -3.42. The average Bonchev–Trinajstić information content (AvgIpc) is 2.77. The van der Waals surface area contributed by atoms with Crippen LogP contribution in [-0.4, -0.2) is 53.3 Å². The molecule has 0 atom stereocenters. The highest BCUT2D eigenvalue weighted by Crippen LogP contribution is 2.33. The fraction of sp³-hybridized carbons (Fsp3) is 0.391. The number of methoxy groups -OCH3 is 4. The Kier molecular flexibility index (Phi) is 8.54. The number of hydrogen-bond donors (Lipinski definition) is 2. The molecule has 0 aliphatic heterocycles. The number of carbonyl (C=O) groups is 2. The van der Waals surface area contributed by atoms with Crippen molar-refractivity contribution in [2.75, 3.05) is 41.5 Å². The highest BCUT2D eigenvalue weighted by atomic mass is 16.5. The van der Waals surface area contributed by atoms with Gasteiger partial charge in [0.05, 0.1) is 28.4 Å². The van der Waals surface area contributed by atoms with Gasteiger partial charge in [0.1, 0.15) is 0 Å². The van der Waals surface area contributed by atoms with Crippen molar-refractivity contribution in [2.24, 2.45) is 0 Å². The Morgan fingerprint density at radius 1 is 0.677 bits per heavy atom. The Morgan fingerprint density at radius 3 is 1.39 bits per heavy atom. The van der Waals surface area contributed by atoms with Gasteiger partial charge < -0.3 is 29.6 Å². The molecule has 0 fully saturated rings. The predicted molar refractivity (Wildman–Crippen MR) is 118 cm³/mol. The molecule has 168 valence electrons. The van der Waals surface area contributed by atoms with E-state index >= 15 is 0 Å².